The lowest BCUT2D eigenvalue weighted by Crippen LogP contribution is -2.61. The Morgan fingerprint density at radius 2 is 1.83 bits per heavy atom. The van der Waals surface area contributed by atoms with Gasteiger partial charge in [-0.15, -0.1) is 0 Å². The van der Waals surface area contributed by atoms with Crippen molar-refractivity contribution in [2.45, 2.75) is 57.4 Å². The van der Waals surface area contributed by atoms with E-state index in [0.29, 0.717) is 12.2 Å². The number of amides is 4. The molecule has 0 saturated carbocycles. The summed E-state index contributed by atoms with van der Waals surface area (Å²) in [6, 6.07) is 3.88. The Morgan fingerprint density at radius 1 is 1.17 bits per heavy atom. The van der Waals surface area contributed by atoms with Gasteiger partial charge < -0.3 is 21.3 Å². The summed E-state index contributed by atoms with van der Waals surface area (Å²) >= 11 is 5.55. The first-order valence-electron chi connectivity index (χ1n) is 11.4. The SMILES string of the molecule is CSCC[C@@H](NC(=O)C1Cc2ccccc2CN1C(=O)[C@@H](NC(=O)[C@@H](N)CS)C(C)C)C(=O)NO. The van der Waals surface area contributed by atoms with Crippen LogP contribution in [-0.2, 0) is 32.1 Å². The monoisotopic (exact) mass is 525 g/mol. The van der Waals surface area contributed by atoms with Crippen LogP contribution in [0.15, 0.2) is 24.3 Å². The van der Waals surface area contributed by atoms with Crippen LogP contribution in [0.3, 0.4) is 0 Å². The molecule has 194 valence electrons. The van der Waals surface area contributed by atoms with Crippen LogP contribution in [0.5, 0.6) is 0 Å². The van der Waals surface area contributed by atoms with E-state index in [1.165, 1.54) is 16.7 Å². The summed E-state index contributed by atoms with van der Waals surface area (Å²) in [5.41, 5.74) is 9.20. The molecule has 10 nitrogen and oxygen atoms in total. The Balaban J connectivity index is 2.35. The summed E-state index contributed by atoms with van der Waals surface area (Å²) in [5, 5.41) is 14.5. The first-order chi connectivity index (χ1) is 16.6. The molecular weight excluding hydrogens is 490 g/mol. The standard InChI is InChI=1S/C23H35N5O5S2/c1-13(2)19(26-20(29)16(24)12-34)23(32)28-11-15-7-5-4-6-14(15)10-18(28)22(31)25-17(8-9-35-3)21(30)27-33/h4-7,13,16-19,33-34H,8-12,24H2,1-3H3,(H,25,31)(H,26,29)(H,27,30)/t16-,17+,18?,19-/m0/s1. The van der Waals surface area contributed by atoms with Crippen LogP contribution in [0, 0.1) is 5.92 Å². The minimum Gasteiger partial charge on any atom is -0.343 e. The van der Waals surface area contributed by atoms with Crippen molar-refractivity contribution in [3.63, 3.8) is 0 Å². The second kappa shape index (κ2) is 13.7. The Bertz CT molecular complexity index is 916. The number of nitrogens with one attached hydrogen (secondary N) is 3. The van der Waals surface area contributed by atoms with E-state index in [-0.39, 0.29) is 24.6 Å². The van der Waals surface area contributed by atoms with E-state index in [2.05, 4.69) is 23.3 Å². The quantitative estimate of drug-likeness (QED) is 0.136. The zero-order valence-corrected chi connectivity index (χ0v) is 21.9. The molecule has 0 spiro atoms. The molecule has 1 heterocycles. The number of benzene rings is 1. The highest BCUT2D eigenvalue weighted by Gasteiger charge is 2.40. The van der Waals surface area contributed by atoms with Gasteiger partial charge in [0.1, 0.15) is 18.1 Å². The number of rotatable bonds is 11. The van der Waals surface area contributed by atoms with E-state index in [1.807, 2.05) is 30.5 Å². The summed E-state index contributed by atoms with van der Waals surface area (Å²) in [4.78, 5) is 53.1. The second-order valence-electron chi connectivity index (χ2n) is 8.79. The number of nitrogens with two attached hydrogens (primary N) is 1. The van der Waals surface area contributed by atoms with Gasteiger partial charge >= 0.3 is 0 Å². The van der Waals surface area contributed by atoms with Gasteiger partial charge in [-0.2, -0.15) is 24.4 Å². The van der Waals surface area contributed by atoms with E-state index in [0.717, 1.165) is 11.1 Å². The zero-order valence-electron chi connectivity index (χ0n) is 20.2. The van der Waals surface area contributed by atoms with Crippen molar-refractivity contribution in [1.82, 2.24) is 21.0 Å². The van der Waals surface area contributed by atoms with Gasteiger partial charge in [-0.05, 0) is 35.5 Å². The maximum atomic E-state index is 13.7. The number of hydrogen-bond donors (Lipinski definition) is 6. The van der Waals surface area contributed by atoms with Crippen LogP contribution in [0.25, 0.3) is 0 Å². The molecule has 1 aliphatic rings. The van der Waals surface area contributed by atoms with Gasteiger partial charge in [0.05, 0.1) is 6.04 Å². The highest BCUT2D eigenvalue weighted by Crippen LogP contribution is 2.25. The molecule has 6 N–H and O–H groups in total. The molecule has 4 amide bonds. The van der Waals surface area contributed by atoms with E-state index in [9.17, 15) is 19.2 Å². The number of hydrogen-bond acceptors (Lipinski definition) is 8. The molecule has 4 atom stereocenters. The number of carbonyl (C=O) groups is 4. The van der Waals surface area contributed by atoms with Crippen molar-refractivity contribution in [2.24, 2.45) is 11.7 Å². The lowest BCUT2D eigenvalue weighted by Gasteiger charge is -2.39. The topological polar surface area (TPSA) is 154 Å². The minimum absolute atomic E-state index is 0.122. The third-order valence-corrected chi connectivity index (χ3v) is 6.99. The third-order valence-electron chi connectivity index (χ3n) is 5.95. The first-order valence-corrected chi connectivity index (χ1v) is 13.4. The Kier molecular flexibility index (Phi) is 11.3. The van der Waals surface area contributed by atoms with E-state index < -0.39 is 47.8 Å². The van der Waals surface area contributed by atoms with Crippen LogP contribution in [0.4, 0.5) is 0 Å². The average molecular weight is 526 g/mol. The average Bonchev–Trinajstić information content (AvgIpc) is 2.86. The molecule has 0 fully saturated rings. The molecule has 2 rings (SSSR count). The molecule has 0 saturated heterocycles. The lowest BCUT2D eigenvalue weighted by atomic mass is 9.91. The number of carbonyl (C=O) groups excluding carboxylic acids is 4. The molecule has 1 unspecified atom stereocenters. The van der Waals surface area contributed by atoms with Crippen molar-refractivity contribution in [3.05, 3.63) is 35.4 Å². The second-order valence-corrected chi connectivity index (χ2v) is 10.1. The summed E-state index contributed by atoms with van der Waals surface area (Å²) < 4.78 is 0. The van der Waals surface area contributed by atoms with Crippen LogP contribution in [0.1, 0.15) is 31.4 Å². The fourth-order valence-corrected chi connectivity index (χ4v) is 4.51. The maximum absolute atomic E-state index is 13.7. The van der Waals surface area contributed by atoms with Crippen molar-refractivity contribution in [1.29, 1.82) is 0 Å². The van der Waals surface area contributed by atoms with E-state index in [1.54, 1.807) is 19.3 Å². The summed E-state index contributed by atoms with van der Waals surface area (Å²) in [5.74, 6) is -1.71. The number of nitrogens with zero attached hydrogens (tertiary/aromatic N) is 1. The van der Waals surface area contributed by atoms with E-state index >= 15 is 0 Å². The van der Waals surface area contributed by atoms with E-state index in [4.69, 9.17) is 10.9 Å². The summed E-state index contributed by atoms with van der Waals surface area (Å²) in [6.07, 6.45) is 2.43. The fourth-order valence-electron chi connectivity index (χ4n) is 3.87. The van der Waals surface area contributed by atoms with Crippen molar-refractivity contribution >= 4 is 48.0 Å². The number of hydroxylamine groups is 1. The summed E-state index contributed by atoms with van der Waals surface area (Å²) in [7, 11) is 0. The highest BCUT2D eigenvalue weighted by atomic mass is 32.2. The molecule has 0 aromatic heterocycles. The van der Waals surface area contributed by atoms with Crippen molar-refractivity contribution in [3.8, 4) is 0 Å². The van der Waals surface area contributed by atoms with Crippen LogP contribution in [-0.4, -0.2) is 75.7 Å². The molecule has 0 bridgehead atoms. The summed E-state index contributed by atoms with van der Waals surface area (Å²) in [6.45, 7) is 3.77. The van der Waals surface area contributed by atoms with Gasteiger partial charge in [-0.3, -0.25) is 24.4 Å². The smallest absolute Gasteiger partial charge is 0.265 e. The van der Waals surface area contributed by atoms with Gasteiger partial charge in [0, 0.05) is 18.7 Å². The first kappa shape index (κ1) is 29.0. The maximum Gasteiger partial charge on any atom is 0.265 e. The highest BCUT2D eigenvalue weighted by molar-refractivity contribution is 7.98. The van der Waals surface area contributed by atoms with Crippen LogP contribution in [0.2, 0.25) is 0 Å². The molecule has 35 heavy (non-hydrogen) atoms. The van der Waals surface area contributed by atoms with Gasteiger partial charge in [0.15, 0.2) is 0 Å². The van der Waals surface area contributed by atoms with Gasteiger partial charge in [0.2, 0.25) is 17.7 Å². The predicted octanol–water partition coefficient (Wildman–Crippen LogP) is 0.0811. The minimum atomic E-state index is -0.956. The molecule has 1 aromatic carbocycles. The van der Waals surface area contributed by atoms with Crippen molar-refractivity contribution in [2.75, 3.05) is 17.8 Å². The third kappa shape index (κ3) is 7.60. The molecule has 12 heteroatoms. The lowest BCUT2D eigenvalue weighted by molar-refractivity contribution is -0.146. The van der Waals surface area contributed by atoms with Crippen molar-refractivity contribution < 1.29 is 24.4 Å². The van der Waals surface area contributed by atoms with Crippen LogP contribution >= 0.6 is 24.4 Å². The van der Waals surface area contributed by atoms with Crippen LogP contribution < -0.4 is 21.8 Å². The predicted molar refractivity (Wildman–Crippen MR) is 138 cm³/mol. The number of fused-ring (bicyclic) bond motifs is 1. The Morgan fingerprint density at radius 3 is 2.40 bits per heavy atom. The zero-order chi connectivity index (χ0) is 26.1. The molecular formula is C23H35N5O5S2. The normalized spacial score (nSPS) is 17.7. The Hall–Kier alpha value is -2.28. The molecule has 1 aliphatic heterocycles. The molecule has 0 radical (unpaired) electrons. The van der Waals surface area contributed by atoms with Gasteiger partial charge in [-0.1, -0.05) is 38.1 Å². The fraction of sp³-hybridized carbons (Fsp3) is 0.565. The molecule has 0 aliphatic carbocycles. The number of thioether (sulfide) groups is 1. The van der Waals surface area contributed by atoms with Gasteiger partial charge in [0.25, 0.3) is 5.91 Å². The molecule has 1 aromatic rings. The Labute approximate surface area is 215 Å². The largest absolute Gasteiger partial charge is 0.343 e. The number of thiol groups is 1. The van der Waals surface area contributed by atoms with Gasteiger partial charge in [-0.25, -0.2) is 5.48 Å².